The van der Waals surface area contributed by atoms with Gasteiger partial charge in [0, 0.05) is 38.8 Å². The average Bonchev–Trinajstić information content (AvgIpc) is 2.69. The first-order chi connectivity index (χ1) is 13.5. The Kier molecular flexibility index (Phi) is 8.93. The third-order valence-corrected chi connectivity index (χ3v) is 4.44. The van der Waals surface area contributed by atoms with Gasteiger partial charge >= 0.3 is 0 Å². The largest absolute Gasteiger partial charge is 0.492 e. The van der Waals surface area contributed by atoms with Gasteiger partial charge in [-0.1, -0.05) is 0 Å². The summed E-state index contributed by atoms with van der Waals surface area (Å²) in [6, 6.07) is 3.73. The standard InChI is InChI=1S/C19H29F2N5O2/c1-3-23-19(24-8-11-28-15-4-5-16(20)17(21)12-15)25-14-6-9-26(10-7-14)13-18(27)22-2/h4-5,12,14H,3,6-11,13H2,1-2H3,(H,22,27)(H2,23,24,25). The van der Waals surface area contributed by atoms with Crippen molar-refractivity contribution >= 4 is 11.9 Å². The lowest BCUT2D eigenvalue weighted by Crippen LogP contribution is -2.50. The number of nitrogens with one attached hydrogen (secondary N) is 3. The molecule has 1 aromatic carbocycles. The predicted molar refractivity (Wildman–Crippen MR) is 104 cm³/mol. The Morgan fingerprint density at radius 1 is 1.29 bits per heavy atom. The Bertz CT molecular complexity index is 664. The molecule has 9 heteroatoms. The van der Waals surface area contributed by atoms with Crippen LogP contribution in [-0.4, -0.2) is 69.2 Å². The van der Waals surface area contributed by atoms with Crippen LogP contribution in [0.5, 0.6) is 5.75 Å². The number of carbonyl (C=O) groups excluding carboxylic acids is 1. The molecule has 0 atom stereocenters. The first-order valence-electron chi connectivity index (χ1n) is 9.57. The number of hydrogen-bond donors (Lipinski definition) is 3. The molecule has 0 spiro atoms. The topological polar surface area (TPSA) is 78.0 Å². The Morgan fingerprint density at radius 2 is 2.04 bits per heavy atom. The van der Waals surface area contributed by atoms with Gasteiger partial charge in [-0.2, -0.15) is 0 Å². The third kappa shape index (κ3) is 7.30. The number of aliphatic imine (C=N–C) groups is 1. The van der Waals surface area contributed by atoms with Crippen LogP contribution in [0.2, 0.25) is 0 Å². The van der Waals surface area contributed by atoms with Gasteiger partial charge in [-0.25, -0.2) is 13.8 Å². The van der Waals surface area contributed by atoms with Gasteiger partial charge in [0.05, 0.1) is 13.1 Å². The molecular weight excluding hydrogens is 368 g/mol. The number of carbonyl (C=O) groups is 1. The first-order valence-corrected chi connectivity index (χ1v) is 9.57. The molecule has 0 unspecified atom stereocenters. The second-order valence-corrected chi connectivity index (χ2v) is 6.55. The number of guanidine groups is 1. The molecule has 0 bridgehead atoms. The molecule has 28 heavy (non-hydrogen) atoms. The maximum atomic E-state index is 13.2. The van der Waals surface area contributed by atoms with Crippen molar-refractivity contribution < 1.29 is 18.3 Å². The predicted octanol–water partition coefficient (Wildman–Crippen LogP) is 1.11. The van der Waals surface area contributed by atoms with Gasteiger partial charge in [0.2, 0.25) is 5.91 Å². The lowest BCUT2D eigenvalue weighted by Gasteiger charge is -2.32. The zero-order chi connectivity index (χ0) is 20.4. The Morgan fingerprint density at radius 3 is 2.68 bits per heavy atom. The van der Waals surface area contributed by atoms with E-state index in [1.54, 1.807) is 7.05 Å². The number of piperidine rings is 1. The van der Waals surface area contributed by atoms with Crippen molar-refractivity contribution in [2.75, 3.05) is 46.4 Å². The monoisotopic (exact) mass is 397 g/mol. The number of benzene rings is 1. The van der Waals surface area contributed by atoms with Gasteiger partial charge in [-0.3, -0.25) is 9.69 Å². The van der Waals surface area contributed by atoms with E-state index in [-0.39, 0.29) is 24.3 Å². The number of rotatable bonds is 8. The van der Waals surface area contributed by atoms with Crippen LogP contribution in [0.4, 0.5) is 8.78 Å². The Labute approximate surface area is 164 Å². The quantitative estimate of drug-likeness (QED) is 0.348. The SMILES string of the molecule is CCNC(=NCCOc1ccc(F)c(F)c1)NC1CCN(CC(=O)NC)CC1. The van der Waals surface area contributed by atoms with Crippen LogP contribution in [0, 0.1) is 11.6 Å². The molecule has 0 radical (unpaired) electrons. The summed E-state index contributed by atoms with van der Waals surface area (Å²) in [5.74, 6) is -0.830. The zero-order valence-electron chi connectivity index (χ0n) is 16.4. The minimum absolute atomic E-state index is 0.0300. The van der Waals surface area contributed by atoms with Gasteiger partial charge < -0.3 is 20.7 Å². The van der Waals surface area contributed by atoms with Crippen LogP contribution in [0.1, 0.15) is 19.8 Å². The second kappa shape index (κ2) is 11.4. The Hall–Kier alpha value is -2.42. The number of likely N-dealkylation sites (N-methyl/N-ethyl adjacent to an activating group) is 1. The first kappa shape index (κ1) is 21.9. The molecule has 1 heterocycles. The summed E-state index contributed by atoms with van der Waals surface area (Å²) in [5.41, 5.74) is 0. The Balaban J connectivity index is 1.76. The minimum Gasteiger partial charge on any atom is -0.492 e. The highest BCUT2D eigenvalue weighted by Crippen LogP contribution is 2.15. The molecule has 1 saturated heterocycles. The molecule has 0 aromatic heterocycles. The van der Waals surface area contributed by atoms with Crippen LogP contribution in [-0.2, 0) is 4.79 Å². The summed E-state index contributed by atoms with van der Waals surface area (Å²) in [5, 5.41) is 9.24. The van der Waals surface area contributed by atoms with E-state index in [0.717, 1.165) is 44.6 Å². The molecule has 0 saturated carbocycles. The maximum Gasteiger partial charge on any atom is 0.233 e. The molecule has 2 rings (SSSR count). The van der Waals surface area contributed by atoms with Crippen LogP contribution in [0.3, 0.4) is 0 Å². The number of nitrogens with zero attached hydrogens (tertiary/aromatic N) is 2. The van der Waals surface area contributed by atoms with Crippen LogP contribution < -0.4 is 20.7 Å². The van der Waals surface area contributed by atoms with E-state index >= 15 is 0 Å². The molecule has 1 aliphatic heterocycles. The van der Waals surface area contributed by atoms with Gasteiger partial charge in [0.1, 0.15) is 12.4 Å². The normalized spacial score (nSPS) is 15.9. The summed E-state index contributed by atoms with van der Waals surface area (Å²) >= 11 is 0. The molecule has 1 aliphatic rings. The lowest BCUT2D eigenvalue weighted by atomic mass is 10.1. The van der Waals surface area contributed by atoms with Crippen LogP contribution in [0.15, 0.2) is 23.2 Å². The van der Waals surface area contributed by atoms with E-state index in [9.17, 15) is 13.6 Å². The van der Waals surface area contributed by atoms with Crippen molar-refractivity contribution in [3.8, 4) is 5.75 Å². The van der Waals surface area contributed by atoms with Crippen molar-refractivity contribution in [3.63, 3.8) is 0 Å². The average molecular weight is 397 g/mol. The number of amides is 1. The van der Waals surface area contributed by atoms with Crippen molar-refractivity contribution in [1.82, 2.24) is 20.9 Å². The molecule has 1 aromatic rings. The summed E-state index contributed by atoms with van der Waals surface area (Å²) in [4.78, 5) is 18.1. The van der Waals surface area contributed by atoms with E-state index in [2.05, 4.69) is 25.8 Å². The van der Waals surface area contributed by atoms with Crippen molar-refractivity contribution in [1.29, 1.82) is 0 Å². The summed E-state index contributed by atoms with van der Waals surface area (Å²) in [6.45, 7) is 5.48. The number of ether oxygens (including phenoxy) is 1. The fraction of sp³-hybridized carbons (Fsp3) is 0.579. The highest BCUT2D eigenvalue weighted by molar-refractivity contribution is 5.80. The van der Waals surface area contributed by atoms with E-state index in [0.29, 0.717) is 19.0 Å². The van der Waals surface area contributed by atoms with E-state index in [1.165, 1.54) is 6.07 Å². The molecule has 0 aliphatic carbocycles. The smallest absolute Gasteiger partial charge is 0.233 e. The molecule has 3 N–H and O–H groups in total. The number of hydrogen-bond acceptors (Lipinski definition) is 4. The summed E-state index contributed by atoms with van der Waals surface area (Å²) in [6.07, 6.45) is 1.85. The molecular formula is C19H29F2N5O2. The third-order valence-electron chi connectivity index (χ3n) is 4.44. The van der Waals surface area contributed by atoms with E-state index in [4.69, 9.17) is 4.74 Å². The summed E-state index contributed by atoms with van der Waals surface area (Å²) in [7, 11) is 1.64. The van der Waals surface area contributed by atoms with Crippen molar-refractivity contribution in [2.45, 2.75) is 25.8 Å². The summed E-state index contributed by atoms with van der Waals surface area (Å²) < 4.78 is 31.5. The second-order valence-electron chi connectivity index (χ2n) is 6.55. The van der Waals surface area contributed by atoms with Gasteiger partial charge in [0.25, 0.3) is 0 Å². The number of likely N-dealkylation sites (tertiary alicyclic amines) is 1. The molecule has 1 fully saturated rings. The van der Waals surface area contributed by atoms with Gasteiger partial charge in [0.15, 0.2) is 17.6 Å². The minimum atomic E-state index is -0.932. The zero-order valence-corrected chi connectivity index (χ0v) is 16.4. The fourth-order valence-electron chi connectivity index (χ4n) is 2.92. The molecule has 7 nitrogen and oxygen atoms in total. The van der Waals surface area contributed by atoms with Gasteiger partial charge in [-0.15, -0.1) is 0 Å². The maximum absolute atomic E-state index is 13.2. The van der Waals surface area contributed by atoms with E-state index in [1.807, 2.05) is 6.92 Å². The lowest BCUT2D eigenvalue weighted by molar-refractivity contribution is -0.122. The molecule has 156 valence electrons. The highest BCUT2D eigenvalue weighted by Gasteiger charge is 2.21. The van der Waals surface area contributed by atoms with Gasteiger partial charge in [-0.05, 0) is 31.9 Å². The molecule has 1 amide bonds. The van der Waals surface area contributed by atoms with Crippen LogP contribution in [0.25, 0.3) is 0 Å². The van der Waals surface area contributed by atoms with E-state index < -0.39 is 11.6 Å². The fourth-order valence-corrected chi connectivity index (χ4v) is 2.92. The highest BCUT2D eigenvalue weighted by atomic mass is 19.2. The van der Waals surface area contributed by atoms with Crippen LogP contribution >= 0.6 is 0 Å². The van der Waals surface area contributed by atoms with Crippen molar-refractivity contribution in [2.24, 2.45) is 4.99 Å². The number of halogens is 2. The van der Waals surface area contributed by atoms with Crippen molar-refractivity contribution in [3.05, 3.63) is 29.8 Å².